The molecule has 1 atom stereocenters. The fourth-order valence-corrected chi connectivity index (χ4v) is 3.72. The summed E-state index contributed by atoms with van der Waals surface area (Å²) in [6.07, 6.45) is 0.634. The van der Waals surface area contributed by atoms with Gasteiger partial charge in [0.2, 0.25) is 9.84 Å². The van der Waals surface area contributed by atoms with E-state index in [0.29, 0.717) is 12.5 Å². The van der Waals surface area contributed by atoms with E-state index in [2.05, 4.69) is 5.32 Å². The lowest BCUT2D eigenvalue weighted by molar-refractivity contribution is -0.384. The van der Waals surface area contributed by atoms with Gasteiger partial charge in [0.1, 0.15) is 5.69 Å². The smallest absolute Gasteiger partial charge is 0.341 e. The van der Waals surface area contributed by atoms with Crippen LogP contribution in [0.2, 0.25) is 0 Å². The van der Waals surface area contributed by atoms with Gasteiger partial charge in [0, 0.05) is 10.9 Å². The van der Waals surface area contributed by atoms with Crippen molar-refractivity contribution in [1.82, 2.24) is 0 Å². The Kier molecular flexibility index (Phi) is 5.50. The van der Waals surface area contributed by atoms with Gasteiger partial charge >= 0.3 is 5.76 Å². The lowest BCUT2D eigenvalue weighted by Crippen LogP contribution is -2.13. The molecule has 24 heavy (non-hydrogen) atoms. The summed E-state index contributed by atoms with van der Waals surface area (Å²) in [6, 6.07) is 6.25. The molecule has 1 heterocycles. The molecule has 0 saturated carbocycles. The third-order valence-electron chi connectivity index (χ3n) is 3.35. The van der Waals surface area contributed by atoms with E-state index in [9.17, 15) is 27.3 Å². The Morgan fingerprint density at radius 1 is 1.33 bits per heavy atom. The predicted molar refractivity (Wildman–Crippen MR) is 87.3 cm³/mol. The van der Waals surface area contributed by atoms with Gasteiger partial charge in [-0.2, -0.15) is 8.78 Å². The maximum absolute atomic E-state index is 12.6. The number of nitro groups is 1. The molecule has 0 aliphatic heterocycles. The molecule has 1 aromatic heterocycles. The van der Waals surface area contributed by atoms with Crippen molar-refractivity contribution in [3.8, 4) is 0 Å². The van der Waals surface area contributed by atoms with Gasteiger partial charge in [0.15, 0.2) is 0 Å². The Balaban J connectivity index is 2.42. The van der Waals surface area contributed by atoms with Gasteiger partial charge in [-0.25, -0.2) is 8.42 Å². The number of alkyl halides is 2. The van der Waals surface area contributed by atoms with Crippen LogP contribution in [0.5, 0.6) is 0 Å². The number of hydrogen-bond donors (Lipinski definition) is 1. The molecule has 0 fully saturated rings. The van der Waals surface area contributed by atoms with Crippen LogP contribution in [0, 0.1) is 10.1 Å². The van der Waals surface area contributed by atoms with E-state index in [1.807, 2.05) is 24.4 Å². The number of nitro benzene ring substituents is 1. The zero-order valence-corrected chi connectivity index (χ0v) is 14.1. The molecule has 2 aromatic rings. The van der Waals surface area contributed by atoms with Crippen LogP contribution in [0.3, 0.4) is 0 Å². The van der Waals surface area contributed by atoms with E-state index < -0.39 is 31.1 Å². The minimum atomic E-state index is -4.89. The molecule has 2 rings (SSSR count). The second-order valence-corrected chi connectivity index (χ2v) is 7.76. The van der Waals surface area contributed by atoms with Crippen LogP contribution in [0.4, 0.5) is 20.2 Å². The summed E-state index contributed by atoms with van der Waals surface area (Å²) in [6.45, 7) is 1.89. The highest BCUT2D eigenvalue weighted by atomic mass is 32.2. The zero-order chi connectivity index (χ0) is 17.9. The first-order valence-corrected chi connectivity index (χ1v) is 9.30. The van der Waals surface area contributed by atoms with Crippen molar-refractivity contribution >= 4 is 32.5 Å². The first-order valence-electron chi connectivity index (χ1n) is 6.87. The minimum absolute atomic E-state index is 0.0773. The summed E-state index contributed by atoms with van der Waals surface area (Å²) in [5.41, 5.74) is -0.486. The number of sulfone groups is 1. The summed E-state index contributed by atoms with van der Waals surface area (Å²) in [7, 11) is -4.89. The molecule has 0 spiro atoms. The lowest BCUT2D eigenvalue weighted by Gasteiger charge is -2.17. The Labute approximate surface area is 141 Å². The third-order valence-corrected chi connectivity index (χ3v) is 5.72. The van der Waals surface area contributed by atoms with Crippen molar-refractivity contribution in [3.63, 3.8) is 0 Å². The molecule has 0 aliphatic rings. The van der Waals surface area contributed by atoms with Gasteiger partial charge in [0.25, 0.3) is 5.69 Å². The van der Waals surface area contributed by atoms with Crippen LogP contribution >= 0.6 is 11.3 Å². The van der Waals surface area contributed by atoms with Crippen molar-refractivity contribution in [1.29, 1.82) is 0 Å². The highest BCUT2D eigenvalue weighted by Crippen LogP contribution is 2.34. The predicted octanol–water partition coefficient (Wildman–Crippen LogP) is 4.22. The van der Waals surface area contributed by atoms with E-state index in [4.69, 9.17) is 0 Å². The summed E-state index contributed by atoms with van der Waals surface area (Å²) in [4.78, 5) is 10.6. The summed E-state index contributed by atoms with van der Waals surface area (Å²) < 4.78 is 48.2. The molecule has 0 radical (unpaired) electrons. The van der Waals surface area contributed by atoms with Crippen LogP contribution < -0.4 is 5.32 Å². The molecule has 1 N–H and O–H groups in total. The molecule has 0 aliphatic carbocycles. The fraction of sp³-hybridized carbons (Fsp3) is 0.286. The Bertz CT molecular complexity index is 823. The van der Waals surface area contributed by atoms with Gasteiger partial charge in [-0.1, -0.05) is 13.0 Å². The molecule has 0 bridgehead atoms. The molecule has 10 heteroatoms. The normalized spacial score (nSPS) is 13.0. The topological polar surface area (TPSA) is 89.3 Å². The highest BCUT2D eigenvalue weighted by molar-refractivity contribution is 7.91. The van der Waals surface area contributed by atoms with Crippen molar-refractivity contribution in [3.05, 3.63) is 50.7 Å². The first-order chi connectivity index (χ1) is 11.3. The summed E-state index contributed by atoms with van der Waals surface area (Å²) >= 11 is 1.47. The van der Waals surface area contributed by atoms with Crippen LogP contribution in [0.15, 0.2) is 40.6 Å². The second kappa shape index (κ2) is 7.22. The molecule has 1 aromatic carbocycles. The fourth-order valence-electron chi connectivity index (χ4n) is 2.12. The van der Waals surface area contributed by atoms with E-state index in [1.165, 1.54) is 11.3 Å². The summed E-state index contributed by atoms with van der Waals surface area (Å²) in [5.74, 6) is -3.63. The standard InChI is InChI=1S/C14H14F2N2O4S2/c1-2-10(13-4-3-7-23-13)17-11-6-5-9(8-12(11)18(19)20)24(21,22)14(15)16/h3-8,10,14,17H,2H2,1H3. The second-order valence-electron chi connectivity index (χ2n) is 4.86. The number of anilines is 1. The monoisotopic (exact) mass is 376 g/mol. The van der Waals surface area contributed by atoms with Crippen LogP contribution in [-0.4, -0.2) is 19.1 Å². The van der Waals surface area contributed by atoms with Crippen LogP contribution in [0.1, 0.15) is 24.3 Å². The van der Waals surface area contributed by atoms with Crippen molar-refractivity contribution in [2.24, 2.45) is 0 Å². The number of nitrogens with zero attached hydrogens (tertiary/aromatic N) is 1. The number of nitrogens with one attached hydrogen (secondary N) is 1. The first kappa shape index (κ1) is 18.3. The zero-order valence-electron chi connectivity index (χ0n) is 12.5. The largest absolute Gasteiger partial charge is 0.372 e. The van der Waals surface area contributed by atoms with E-state index in [-0.39, 0.29) is 11.7 Å². The average molecular weight is 376 g/mol. The number of hydrogen-bond acceptors (Lipinski definition) is 6. The Morgan fingerprint density at radius 2 is 2.04 bits per heavy atom. The van der Waals surface area contributed by atoms with E-state index >= 15 is 0 Å². The third kappa shape index (κ3) is 3.70. The molecule has 130 valence electrons. The van der Waals surface area contributed by atoms with E-state index in [1.54, 1.807) is 0 Å². The molecule has 6 nitrogen and oxygen atoms in total. The summed E-state index contributed by atoms with van der Waals surface area (Å²) in [5, 5.41) is 16.1. The van der Waals surface area contributed by atoms with Gasteiger partial charge in [-0.3, -0.25) is 10.1 Å². The Hall–Kier alpha value is -2.07. The number of benzene rings is 1. The SMILES string of the molecule is CCC(Nc1ccc(S(=O)(=O)C(F)F)cc1[N+](=O)[O-])c1cccs1. The maximum atomic E-state index is 12.6. The number of thiophene rings is 1. The number of rotatable bonds is 7. The lowest BCUT2D eigenvalue weighted by atomic mass is 10.1. The molecule has 0 amide bonds. The molecule has 0 saturated heterocycles. The quantitative estimate of drug-likeness (QED) is 0.577. The average Bonchev–Trinajstić information content (AvgIpc) is 3.06. The van der Waals surface area contributed by atoms with Crippen molar-refractivity contribution in [2.75, 3.05) is 5.32 Å². The molecular formula is C14H14F2N2O4S2. The number of halogens is 2. The van der Waals surface area contributed by atoms with E-state index in [0.717, 1.165) is 17.0 Å². The highest BCUT2D eigenvalue weighted by Gasteiger charge is 2.29. The Morgan fingerprint density at radius 3 is 2.54 bits per heavy atom. The van der Waals surface area contributed by atoms with Gasteiger partial charge in [-0.05, 0) is 30.0 Å². The van der Waals surface area contributed by atoms with Crippen LogP contribution in [0.25, 0.3) is 0 Å². The van der Waals surface area contributed by atoms with Crippen molar-refractivity contribution < 1.29 is 22.1 Å². The van der Waals surface area contributed by atoms with Gasteiger partial charge < -0.3 is 5.32 Å². The van der Waals surface area contributed by atoms with Gasteiger partial charge in [-0.15, -0.1) is 11.3 Å². The van der Waals surface area contributed by atoms with Crippen LogP contribution in [-0.2, 0) is 9.84 Å². The minimum Gasteiger partial charge on any atom is -0.372 e. The molecule has 1 unspecified atom stereocenters. The van der Waals surface area contributed by atoms with Gasteiger partial charge in [0.05, 0.1) is 15.9 Å². The maximum Gasteiger partial charge on any atom is 0.341 e. The molecular weight excluding hydrogens is 362 g/mol. The van der Waals surface area contributed by atoms with Crippen molar-refractivity contribution in [2.45, 2.75) is 30.0 Å².